The summed E-state index contributed by atoms with van der Waals surface area (Å²) in [5.41, 5.74) is 0.902. The number of piperidine rings is 1. The second-order valence-corrected chi connectivity index (χ2v) is 7.63. The molecular weight excluding hydrogens is 420 g/mol. The number of hydrogen-bond acceptors (Lipinski definition) is 4. The number of rotatable bonds is 3. The molecule has 0 aromatic carbocycles. The van der Waals surface area contributed by atoms with Gasteiger partial charge in [0.1, 0.15) is 0 Å². The summed E-state index contributed by atoms with van der Waals surface area (Å²) >= 11 is 0. The summed E-state index contributed by atoms with van der Waals surface area (Å²) in [6.07, 6.45) is -14.7. The van der Waals surface area contributed by atoms with Crippen molar-refractivity contribution < 1.29 is 40.7 Å². The van der Waals surface area contributed by atoms with Crippen LogP contribution in [0, 0.1) is 18.3 Å². The smallest absolute Gasteiger partial charge is 0.426 e. The van der Waals surface area contributed by atoms with Crippen molar-refractivity contribution in [2.75, 3.05) is 18.4 Å². The van der Waals surface area contributed by atoms with Gasteiger partial charge in [-0.3, -0.25) is 9.78 Å². The molecule has 1 aromatic heterocycles. The fourth-order valence-corrected chi connectivity index (χ4v) is 3.67. The Balaban J connectivity index is 1.53. The first kappa shape index (κ1) is 22.2. The average Bonchev–Trinajstić information content (AvgIpc) is 3.33. The third-order valence-corrected chi connectivity index (χ3v) is 5.52. The molecular formula is C18H19F6N3O3. The molecule has 0 bridgehead atoms. The summed E-state index contributed by atoms with van der Waals surface area (Å²) in [5.74, 6) is -0.569. The number of carbonyl (C=O) groups excluding carboxylic acids is 2. The minimum Gasteiger partial charge on any atom is -0.426 e. The molecule has 2 fully saturated rings. The molecule has 166 valence electrons. The zero-order valence-electron chi connectivity index (χ0n) is 15.8. The molecule has 0 radical (unpaired) electrons. The van der Waals surface area contributed by atoms with Crippen molar-refractivity contribution in [2.45, 2.75) is 44.6 Å². The zero-order chi connectivity index (χ0) is 22.3. The van der Waals surface area contributed by atoms with E-state index in [2.05, 4.69) is 15.0 Å². The molecule has 30 heavy (non-hydrogen) atoms. The van der Waals surface area contributed by atoms with Crippen LogP contribution in [0.5, 0.6) is 0 Å². The van der Waals surface area contributed by atoms with E-state index in [-0.39, 0.29) is 37.8 Å². The number of nitrogens with one attached hydrogen (secondary N) is 1. The van der Waals surface area contributed by atoms with Crippen molar-refractivity contribution >= 4 is 17.7 Å². The SMILES string of the molecule is Cc1ccc(NC(=O)[C@H]2CC23CCN(C(=O)OC(C(F)(F)F)C(F)(F)F)CC3)cn1. The number of amides is 2. The van der Waals surface area contributed by atoms with E-state index in [1.807, 2.05) is 0 Å². The topological polar surface area (TPSA) is 71.5 Å². The van der Waals surface area contributed by atoms with E-state index in [9.17, 15) is 35.9 Å². The van der Waals surface area contributed by atoms with Gasteiger partial charge in [0, 0.05) is 24.7 Å². The number of halogens is 6. The van der Waals surface area contributed by atoms with E-state index in [0.717, 1.165) is 10.6 Å². The number of ether oxygens (including phenoxy) is 1. The van der Waals surface area contributed by atoms with Crippen molar-refractivity contribution in [2.24, 2.45) is 11.3 Å². The first-order chi connectivity index (χ1) is 13.8. The first-order valence-corrected chi connectivity index (χ1v) is 9.14. The molecule has 6 nitrogen and oxygen atoms in total. The molecule has 1 atom stereocenters. The molecule has 12 heteroatoms. The lowest BCUT2D eigenvalue weighted by Crippen LogP contribution is -2.49. The maximum absolute atomic E-state index is 12.6. The Morgan fingerprint density at radius 3 is 2.27 bits per heavy atom. The number of aryl methyl sites for hydroxylation is 1. The highest BCUT2D eigenvalue weighted by atomic mass is 19.4. The normalized spacial score (nSPS) is 20.9. The lowest BCUT2D eigenvalue weighted by Gasteiger charge is -2.33. The van der Waals surface area contributed by atoms with Crippen LogP contribution in [0.25, 0.3) is 0 Å². The Morgan fingerprint density at radius 2 is 1.77 bits per heavy atom. The number of likely N-dealkylation sites (tertiary alicyclic amines) is 1. The molecule has 1 saturated heterocycles. The van der Waals surface area contributed by atoms with Crippen molar-refractivity contribution in [3.8, 4) is 0 Å². The highest BCUT2D eigenvalue weighted by Gasteiger charge is 2.61. The lowest BCUT2D eigenvalue weighted by molar-refractivity contribution is -0.308. The van der Waals surface area contributed by atoms with Crippen molar-refractivity contribution in [3.05, 3.63) is 24.0 Å². The molecule has 1 spiro atoms. The summed E-state index contributed by atoms with van der Waals surface area (Å²) in [5, 5.41) is 2.74. The maximum atomic E-state index is 12.6. The molecule has 2 heterocycles. The van der Waals surface area contributed by atoms with Crippen LogP contribution in [-0.2, 0) is 9.53 Å². The minimum absolute atomic E-state index is 0.0862. The number of aromatic nitrogens is 1. The maximum Gasteiger partial charge on any atom is 0.434 e. The van der Waals surface area contributed by atoms with Gasteiger partial charge in [-0.2, -0.15) is 26.3 Å². The second-order valence-electron chi connectivity index (χ2n) is 7.63. The average molecular weight is 439 g/mol. The molecule has 1 aromatic rings. The van der Waals surface area contributed by atoms with E-state index in [1.165, 1.54) is 6.20 Å². The van der Waals surface area contributed by atoms with Crippen LogP contribution >= 0.6 is 0 Å². The van der Waals surface area contributed by atoms with Gasteiger partial charge >= 0.3 is 18.4 Å². The third kappa shape index (κ3) is 4.78. The van der Waals surface area contributed by atoms with Crippen LogP contribution in [-0.4, -0.2) is 53.4 Å². The molecule has 3 rings (SSSR count). The second kappa shape index (κ2) is 7.62. The number of carbonyl (C=O) groups is 2. The highest BCUT2D eigenvalue weighted by Crippen LogP contribution is 2.59. The number of anilines is 1. The van der Waals surface area contributed by atoms with Gasteiger partial charge < -0.3 is 15.0 Å². The largest absolute Gasteiger partial charge is 0.434 e. The summed E-state index contributed by atoms with van der Waals surface area (Å²) < 4.78 is 79.0. The fraction of sp³-hybridized carbons (Fsp3) is 0.611. The molecule has 1 aliphatic heterocycles. The quantitative estimate of drug-likeness (QED) is 0.722. The molecule has 1 N–H and O–H groups in total. The van der Waals surface area contributed by atoms with Crippen LogP contribution < -0.4 is 5.32 Å². The Bertz CT molecular complexity index is 787. The van der Waals surface area contributed by atoms with E-state index < -0.39 is 30.0 Å². The highest BCUT2D eigenvalue weighted by molar-refractivity contribution is 5.95. The van der Waals surface area contributed by atoms with Gasteiger partial charge in [0.2, 0.25) is 5.91 Å². The Morgan fingerprint density at radius 1 is 1.17 bits per heavy atom. The zero-order valence-corrected chi connectivity index (χ0v) is 15.8. The minimum atomic E-state index is -5.75. The Kier molecular flexibility index (Phi) is 5.63. The number of hydrogen-bond donors (Lipinski definition) is 1. The summed E-state index contributed by atoms with van der Waals surface area (Å²) in [6.45, 7) is 1.63. The number of pyridine rings is 1. The molecule has 0 unspecified atom stereocenters. The standard InChI is InChI=1S/C18H19F6N3O3/c1-10-2-3-11(9-25-10)26-13(28)12-8-16(12)4-6-27(7-5-16)15(29)30-14(17(19,20)21)18(22,23)24/h2-3,9,12,14H,4-8H2,1H3,(H,26,28)/t12-/m1/s1. The van der Waals surface area contributed by atoms with Crippen molar-refractivity contribution in [3.63, 3.8) is 0 Å². The number of nitrogens with zero attached hydrogens (tertiary/aromatic N) is 2. The van der Waals surface area contributed by atoms with Gasteiger partial charge in [0.25, 0.3) is 6.10 Å². The fourth-order valence-electron chi connectivity index (χ4n) is 3.67. The van der Waals surface area contributed by atoms with E-state index in [0.29, 0.717) is 12.1 Å². The molecule has 2 aliphatic rings. The Hall–Kier alpha value is -2.53. The van der Waals surface area contributed by atoms with Gasteiger partial charge in [0.05, 0.1) is 11.9 Å². The molecule has 1 aliphatic carbocycles. The van der Waals surface area contributed by atoms with Crippen LogP contribution in [0.1, 0.15) is 25.0 Å². The summed E-state index contributed by atoms with van der Waals surface area (Å²) in [4.78, 5) is 29.1. The van der Waals surface area contributed by atoms with Gasteiger partial charge in [0.15, 0.2) is 0 Å². The van der Waals surface area contributed by atoms with Crippen molar-refractivity contribution in [1.82, 2.24) is 9.88 Å². The van der Waals surface area contributed by atoms with Gasteiger partial charge in [-0.05, 0) is 43.7 Å². The lowest BCUT2D eigenvalue weighted by atomic mass is 9.91. The van der Waals surface area contributed by atoms with E-state index >= 15 is 0 Å². The van der Waals surface area contributed by atoms with E-state index in [1.54, 1.807) is 19.1 Å². The van der Waals surface area contributed by atoms with Crippen LogP contribution in [0.3, 0.4) is 0 Å². The summed E-state index contributed by atoms with van der Waals surface area (Å²) in [7, 11) is 0. The number of alkyl halides is 6. The third-order valence-electron chi connectivity index (χ3n) is 5.52. The summed E-state index contributed by atoms with van der Waals surface area (Å²) in [6, 6.07) is 3.43. The monoisotopic (exact) mass is 439 g/mol. The molecule has 2 amide bonds. The Labute approximate surface area is 167 Å². The first-order valence-electron chi connectivity index (χ1n) is 9.14. The van der Waals surface area contributed by atoms with Crippen LogP contribution in [0.15, 0.2) is 18.3 Å². The predicted molar refractivity (Wildman–Crippen MR) is 91.3 cm³/mol. The van der Waals surface area contributed by atoms with Crippen molar-refractivity contribution in [1.29, 1.82) is 0 Å². The van der Waals surface area contributed by atoms with Crippen LogP contribution in [0.4, 0.5) is 36.8 Å². The van der Waals surface area contributed by atoms with Gasteiger partial charge in [-0.1, -0.05) is 0 Å². The predicted octanol–water partition coefficient (Wildman–Crippen LogP) is 4.06. The molecule has 1 saturated carbocycles. The van der Waals surface area contributed by atoms with E-state index in [4.69, 9.17) is 0 Å². The van der Waals surface area contributed by atoms with Gasteiger partial charge in [-0.25, -0.2) is 4.79 Å². The van der Waals surface area contributed by atoms with Gasteiger partial charge in [-0.15, -0.1) is 0 Å². The van der Waals surface area contributed by atoms with Crippen LogP contribution in [0.2, 0.25) is 0 Å².